The van der Waals surface area contributed by atoms with Crippen LogP contribution >= 0.6 is 43.5 Å². The van der Waals surface area contributed by atoms with E-state index in [9.17, 15) is 0 Å². The van der Waals surface area contributed by atoms with Crippen LogP contribution in [-0.2, 0) is 5.88 Å². The molecule has 108 valence electrons. The van der Waals surface area contributed by atoms with Crippen LogP contribution in [0.25, 0.3) is 16.7 Å². The molecule has 1 aromatic heterocycles. The van der Waals surface area contributed by atoms with E-state index in [0.717, 1.165) is 31.5 Å². The van der Waals surface area contributed by atoms with Gasteiger partial charge < -0.3 is 0 Å². The van der Waals surface area contributed by atoms with Crippen molar-refractivity contribution in [3.63, 3.8) is 0 Å². The van der Waals surface area contributed by atoms with Gasteiger partial charge in [0.1, 0.15) is 5.82 Å². The molecule has 0 fully saturated rings. The van der Waals surface area contributed by atoms with E-state index in [0.29, 0.717) is 5.88 Å². The third kappa shape index (κ3) is 2.65. The zero-order valence-electron chi connectivity index (χ0n) is 11.6. The molecule has 0 radical (unpaired) electrons. The molecule has 0 aliphatic heterocycles. The Labute approximate surface area is 145 Å². The lowest BCUT2D eigenvalue weighted by atomic mass is 10.1. The number of imidazole rings is 1. The fourth-order valence-corrected chi connectivity index (χ4v) is 3.29. The normalized spacial score (nSPS) is 11.3. The second-order valence-electron chi connectivity index (χ2n) is 5.02. The van der Waals surface area contributed by atoms with E-state index >= 15 is 0 Å². The van der Waals surface area contributed by atoms with Crippen LogP contribution in [0.3, 0.4) is 0 Å². The number of alkyl halides is 1. The monoisotopic (exact) mass is 426 g/mol. The minimum absolute atomic E-state index is 0.375. The molecule has 0 bridgehead atoms. The Hall–Kier alpha value is -0.840. The summed E-state index contributed by atoms with van der Waals surface area (Å²) in [5.74, 6) is 1.23. The van der Waals surface area contributed by atoms with E-state index in [-0.39, 0.29) is 0 Å². The average molecular weight is 429 g/mol. The molecular formula is C16H13Br2ClN2. The topological polar surface area (TPSA) is 17.8 Å². The molecule has 0 unspecified atom stereocenters. The number of fused-ring (bicyclic) bond motifs is 1. The Morgan fingerprint density at radius 1 is 1.10 bits per heavy atom. The maximum atomic E-state index is 6.10. The third-order valence-electron chi connectivity index (χ3n) is 3.48. The van der Waals surface area contributed by atoms with Crippen molar-refractivity contribution in [3.8, 4) is 5.69 Å². The molecule has 0 saturated carbocycles. The van der Waals surface area contributed by atoms with Gasteiger partial charge in [-0.3, -0.25) is 4.57 Å². The van der Waals surface area contributed by atoms with E-state index < -0.39 is 0 Å². The van der Waals surface area contributed by atoms with Crippen LogP contribution in [0, 0.1) is 13.8 Å². The van der Waals surface area contributed by atoms with Crippen LogP contribution < -0.4 is 0 Å². The van der Waals surface area contributed by atoms with Crippen molar-refractivity contribution < 1.29 is 0 Å². The van der Waals surface area contributed by atoms with Crippen LogP contribution in [0.1, 0.15) is 17.0 Å². The predicted octanol–water partition coefficient (Wildman–Crippen LogP) is 5.91. The highest BCUT2D eigenvalue weighted by Crippen LogP contribution is 2.29. The molecule has 0 aliphatic carbocycles. The summed E-state index contributed by atoms with van der Waals surface area (Å²) in [6, 6.07) is 10.4. The molecule has 0 aliphatic rings. The molecule has 0 atom stereocenters. The average Bonchev–Trinajstić information content (AvgIpc) is 2.81. The summed E-state index contributed by atoms with van der Waals surface area (Å²) < 4.78 is 4.29. The summed E-state index contributed by atoms with van der Waals surface area (Å²) in [6.07, 6.45) is 0. The molecule has 0 amide bonds. The van der Waals surface area contributed by atoms with E-state index in [1.54, 1.807) is 0 Å². The number of rotatable bonds is 2. The van der Waals surface area contributed by atoms with Crippen LogP contribution in [0.5, 0.6) is 0 Å². The fourth-order valence-electron chi connectivity index (χ4n) is 2.53. The van der Waals surface area contributed by atoms with E-state index in [2.05, 4.69) is 73.5 Å². The van der Waals surface area contributed by atoms with Gasteiger partial charge in [0.25, 0.3) is 0 Å². The van der Waals surface area contributed by atoms with Crippen molar-refractivity contribution in [3.05, 3.63) is 56.2 Å². The lowest BCUT2D eigenvalue weighted by molar-refractivity contribution is 0.977. The Kier molecular flexibility index (Phi) is 4.12. The molecule has 2 nitrogen and oxygen atoms in total. The van der Waals surface area contributed by atoms with Crippen molar-refractivity contribution in [2.45, 2.75) is 19.7 Å². The zero-order valence-corrected chi connectivity index (χ0v) is 15.6. The molecule has 21 heavy (non-hydrogen) atoms. The molecule has 5 heteroatoms. The van der Waals surface area contributed by atoms with Gasteiger partial charge in [0, 0.05) is 14.6 Å². The van der Waals surface area contributed by atoms with Gasteiger partial charge in [-0.15, -0.1) is 11.6 Å². The number of aromatic nitrogens is 2. The standard InChI is InChI=1S/C16H13Br2ClN2/c1-9-5-12(6-10(2)16(9)18)21-14-4-3-11(17)7-13(14)20-15(21)8-19/h3-7H,8H2,1-2H3. The summed E-state index contributed by atoms with van der Waals surface area (Å²) in [7, 11) is 0. The molecule has 0 spiro atoms. The number of hydrogen-bond acceptors (Lipinski definition) is 1. The SMILES string of the molecule is Cc1cc(-n2c(CCl)nc3cc(Br)ccc32)cc(C)c1Br. The summed E-state index contributed by atoms with van der Waals surface area (Å²) in [4.78, 5) is 4.64. The largest absolute Gasteiger partial charge is 0.295 e. The van der Waals surface area contributed by atoms with Crippen LogP contribution in [0.4, 0.5) is 0 Å². The maximum absolute atomic E-state index is 6.10. The van der Waals surface area contributed by atoms with Gasteiger partial charge in [0.05, 0.1) is 16.9 Å². The number of hydrogen-bond donors (Lipinski definition) is 0. The smallest absolute Gasteiger partial charge is 0.129 e. The van der Waals surface area contributed by atoms with Gasteiger partial charge in [-0.25, -0.2) is 4.98 Å². The van der Waals surface area contributed by atoms with Crippen molar-refractivity contribution in [1.29, 1.82) is 0 Å². The first kappa shape index (κ1) is 15.1. The summed E-state index contributed by atoms with van der Waals surface area (Å²) in [6.45, 7) is 4.19. The first-order valence-electron chi connectivity index (χ1n) is 6.51. The summed E-state index contributed by atoms with van der Waals surface area (Å²) in [5.41, 5.74) is 5.50. The lowest BCUT2D eigenvalue weighted by Gasteiger charge is -2.12. The second kappa shape index (κ2) is 5.75. The van der Waals surface area contributed by atoms with Gasteiger partial charge >= 0.3 is 0 Å². The highest BCUT2D eigenvalue weighted by Gasteiger charge is 2.13. The van der Waals surface area contributed by atoms with Crippen LogP contribution in [-0.4, -0.2) is 9.55 Å². The highest BCUT2D eigenvalue weighted by atomic mass is 79.9. The molecule has 0 N–H and O–H groups in total. The minimum Gasteiger partial charge on any atom is -0.295 e. The van der Waals surface area contributed by atoms with Gasteiger partial charge in [0.15, 0.2) is 0 Å². The Morgan fingerprint density at radius 2 is 1.76 bits per heavy atom. The number of halogens is 3. The molecule has 3 rings (SSSR count). The Bertz CT molecular complexity index is 817. The van der Waals surface area contributed by atoms with Gasteiger partial charge in [-0.05, 0) is 55.3 Å². The third-order valence-corrected chi connectivity index (χ3v) is 5.47. The predicted molar refractivity (Wildman–Crippen MR) is 95.5 cm³/mol. The van der Waals surface area contributed by atoms with Gasteiger partial charge in [-0.1, -0.05) is 31.9 Å². The Balaban J connectivity index is 2.33. The number of benzene rings is 2. The number of nitrogens with zero attached hydrogens (tertiary/aromatic N) is 2. The van der Waals surface area contributed by atoms with Crippen LogP contribution in [0.2, 0.25) is 0 Å². The first-order valence-corrected chi connectivity index (χ1v) is 8.63. The van der Waals surface area contributed by atoms with Crippen molar-refractivity contribution in [2.75, 3.05) is 0 Å². The highest BCUT2D eigenvalue weighted by molar-refractivity contribution is 9.10. The fraction of sp³-hybridized carbons (Fsp3) is 0.188. The zero-order chi connectivity index (χ0) is 15.1. The maximum Gasteiger partial charge on any atom is 0.129 e. The quantitative estimate of drug-likeness (QED) is 0.464. The van der Waals surface area contributed by atoms with E-state index in [4.69, 9.17) is 11.6 Å². The molecule has 0 saturated heterocycles. The van der Waals surface area contributed by atoms with Crippen molar-refractivity contribution in [2.24, 2.45) is 0 Å². The van der Waals surface area contributed by atoms with Gasteiger partial charge in [-0.2, -0.15) is 0 Å². The summed E-state index contributed by atoms with van der Waals surface area (Å²) in [5, 5.41) is 0. The van der Waals surface area contributed by atoms with Crippen molar-refractivity contribution in [1.82, 2.24) is 9.55 Å². The van der Waals surface area contributed by atoms with Crippen LogP contribution in [0.15, 0.2) is 39.3 Å². The Morgan fingerprint density at radius 3 is 2.38 bits per heavy atom. The first-order chi connectivity index (χ1) is 10.0. The molecule has 2 aromatic carbocycles. The lowest BCUT2D eigenvalue weighted by Crippen LogP contribution is -2.00. The minimum atomic E-state index is 0.375. The second-order valence-corrected chi connectivity index (χ2v) is 7.00. The van der Waals surface area contributed by atoms with Gasteiger partial charge in [0.2, 0.25) is 0 Å². The van der Waals surface area contributed by atoms with Crippen molar-refractivity contribution >= 4 is 54.5 Å². The van der Waals surface area contributed by atoms with E-state index in [1.807, 2.05) is 12.1 Å². The molecule has 1 heterocycles. The summed E-state index contributed by atoms with van der Waals surface area (Å²) >= 11 is 13.2. The molecular weight excluding hydrogens is 415 g/mol. The van der Waals surface area contributed by atoms with E-state index in [1.165, 1.54) is 11.1 Å². The molecule has 3 aromatic rings. The number of aryl methyl sites for hydroxylation is 2.